The van der Waals surface area contributed by atoms with Crippen molar-refractivity contribution in [1.29, 1.82) is 0 Å². The Bertz CT molecular complexity index is 487. The molecular weight excluding hydrogens is 244 g/mol. The smallest absolute Gasteiger partial charge is 0.260 e. The van der Waals surface area contributed by atoms with Gasteiger partial charge in [-0.25, -0.2) is 0 Å². The van der Waals surface area contributed by atoms with Crippen LogP contribution in [-0.4, -0.2) is 42.3 Å². The number of nitrogens with zero attached hydrogens (tertiary/aromatic N) is 1. The van der Waals surface area contributed by atoms with Gasteiger partial charge in [0, 0.05) is 24.7 Å². The lowest BCUT2D eigenvalue weighted by atomic mass is 10.1. The molecule has 5 heteroatoms. The van der Waals surface area contributed by atoms with Crippen molar-refractivity contribution in [3.63, 3.8) is 0 Å². The predicted molar refractivity (Wildman–Crippen MR) is 71.1 cm³/mol. The number of carbonyl (C=O) groups is 2. The second kappa shape index (κ2) is 5.84. The van der Waals surface area contributed by atoms with Crippen LogP contribution < -0.4 is 10.5 Å². The maximum Gasteiger partial charge on any atom is 0.260 e. The monoisotopic (exact) mass is 262 g/mol. The third-order valence-corrected chi connectivity index (χ3v) is 3.18. The zero-order valence-electron chi connectivity index (χ0n) is 11.0. The van der Waals surface area contributed by atoms with E-state index in [0.29, 0.717) is 24.4 Å². The number of ether oxygens (including phenoxy) is 1. The van der Waals surface area contributed by atoms with Gasteiger partial charge in [-0.15, -0.1) is 0 Å². The number of amides is 1. The minimum Gasteiger partial charge on any atom is -0.484 e. The van der Waals surface area contributed by atoms with E-state index in [0.717, 1.165) is 6.42 Å². The Hall–Kier alpha value is -1.88. The molecule has 5 nitrogen and oxygen atoms in total. The molecule has 19 heavy (non-hydrogen) atoms. The number of rotatable bonds is 4. The summed E-state index contributed by atoms with van der Waals surface area (Å²) in [5.74, 6) is 0.438. The molecular formula is C14H18N2O3. The molecule has 1 saturated heterocycles. The van der Waals surface area contributed by atoms with Crippen molar-refractivity contribution in [3.05, 3.63) is 29.8 Å². The van der Waals surface area contributed by atoms with Crippen LogP contribution in [0.5, 0.6) is 5.75 Å². The van der Waals surface area contributed by atoms with E-state index in [9.17, 15) is 9.59 Å². The SMILES string of the molecule is CC(=O)c1cccc(OCC(=O)N2CC[C@@H](N)C2)c1. The average molecular weight is 262 g/mol. The quantitative estimate of drug-likeness (QED) is 0.816. The molecule has 1 amide bonds. The lowest BCUT2D eigenvalue weighted by Crippen LogP contribution is -2.35. The third kappa shape index (κ3) is 3.54. The minimum atomic E-state index is -0.0684. The lowest BCUT2D eigenvalue weighted by Gasteiger charge is -2.16. The van der Waals surface area contributed by atoms with Crippen LogP contribution in [0.2, 0.25) is 0 Å². The van der Waals surface area contributed by atoms with Gasteiger partial charge in [-0.3, -0.25) is 9.59 Å². The van der Waals surface area contributed by atoms with Crippen molar-refractivity contribution in [3.8, 4) is 5.75 Å². The average Bonchev–Trinajstić information content (AvgIpc) is 2.83. The van der Waals surface area contributed by atoms with E-state index >= 15 is 0 Å². The fraction of sp³-hybridized carbons (Fsp3) is 0.429. The number of carbonyl (C=O) groups excluding carboxylic acids is 2. The number of likely N-dealkylation sites (tertiary alicyclic amines) is 1. The van der Waals surface area contributed by atoms with Crippen molar-refractivity contribution in [2.75, 3.05) is 19.7 Å². The summed E-state index contributed by atoms with van der Waals surface area (Å²) in [7, 11) is 0. The molecule has 1 aromatic carbocycles. The van der Waals surface area contributed by atoms with E-state index in [2.05, 4.69) is 0 Å². The molecule has 1 atom stereocenters. The Morgan fingerprint density at radius 1 is 1.47 bits per heavy atom. The minimum absolute atomic E-state index is 0.0198. The van der Waals surface area contributed by atoms with Crippen molar-refractivity contribution < 1.29 is 14.3 Å². The highest BCUT2D eigenvalue weighted by Gasteiger charge is 2.23. The summed E-state index contributed by atoms with van der Waals surface area (Å²) < 4.78 is 5.42. The van der Waals surface area contributed by atoms with Gasteiger partial charge in [-0.05, 0) is 25.5 Å². The molecule has 1 aliphatic rings. The number of ketones is 1. The Labute approximate surface area is 112 Å². The predicted octanol–water partition coefficient (Wildman–Crippen LogP) is 0.828. The first kappa shape index (κ1) is 13.5. The van der Waals surface area contributed by atoms with Crippen molar-refractivity contribution >= 4 is 11.7 Å². The van der Waals surface area contributed by atoms with Crippen LogP contribution in [0.3, 0.4) is 0 Å². The first-order valence-corrected chi connectivity index (χ1v) is 6.33. The highest BCUT2D eigenvalue weighted by Crippen LogP contribution is 2.14. The second-order valence-electron chi connectivity index (χ2n) is 4.76. The second-order valence-corrected chi connectivity index (χ2v) is 4.76. The maximum atomic E-state index is 11.9. The molecule has 0 aromatic heterocycles. The number of Topliss-reactive ketones (excluding diaryl/α,β-unsaturated/α-hetero) is 1. The summed E-state index contributed by atoms with van der Waals surface area (Å²) in [5.41, 5.74) is 6.33. The van der Waals surface area contributed by atoms with Crippen LogP contribution in [0.15, 0.2) is 24.3 Å². The standard InChI is InChI=1S/C14H18N2O3/c1-10(17)11-3-2-4-13(7-11)19-9-14(18)16-6-5-12(15)8-16/h2-4,7,12H,5-6,8-9,15H2,1H3/t12-/m1/s1. The molecule has 0 saturated carbocycles. The Kier molecular flexibility index (Phi) is 4.16. The molecule has 1 aliphatic heterocycles. The molecule has 2 rings (SSSR count). The topological polar surface area (TPSA) is 72.6 Å². The largest absolute Gasteiger partial charge is 0.484 e. The molecule has 102 valence electrons. The van der Waals surface area contributed by atoms with Crippen molar-refractivity contribution in [2.45, 2.75) is 19.4 Å². The van der Waals surface area contributed by atoms with Crippen LogP contribution in [0.25, 0.3) is 0 Å². The summed E-state index contributed by atoms with van der Waals surface area (Å²) in [6.07, 6.45) is 0.839. The molecule has 0 unspecified atom stereocenters. The van der Waals surface area contributed by atoms with Crippen LogP contribution in [-0.2, 0) is 4.79 Å². The van der Waals surface area contributed by atoms with Crippen LogP contribution in [0.4, 0.5) is 0 Å². The molecule has 0 bridgehead atoms. The van der Waals surface area contributed by atoms with Gasteiger partial charge in [-0.2, -0.15) is 0 Å². The Morgan fingerprint density at radius 2 is 2.26 bits per heavy atom. The molecule has 1 aromatic rings. The van der Waals surface area contributed by atoms with Crippen LogP contribution in [0, 0.1) is 0 Å². The van der Waals surface area contributed by atoms with Gasteiger partial charge in [0.15, 0.2) is 12.4 Å². The van der Waals surface area contributed by atoms with Crippen molar-refractivity contribution in [2.24, 2.45) is 5.73 Å². The number of nitrogens with two attached hydrogens (primary N) is 1. The van der Waals surface area contributed by atoms with E-state index in [-0.39, 0.29) is 24.3 Å². The third-order valence-electron chi connectivity index (χ3n) is 3.18. The summed E-state index contributed by atoms with van der Waals surface area (Å²) in [6.45, 7) is 2.76. The lowest BCUT2D eigenvalue weighted by molar-refractivity contribution is -0.132. The van der Waals surface area contributed by atoms with E-state index in [1.54, 1.807) is 29.2 Å². The molecule has 2 N–H and O–H groups in total. The first-order chi connectivity index (χ1) is 9.06. The van der Waals surface area contributed by atoms with Gasteiger partial charge in [0.05, 0.1) is 0 Å². The number of hydrogen-bond acceptors (Lipinski definition) is 4. The highest BCUT2D eigenvalue weighted by molar-refractivity contribution is 5.94. The van der Waals surface area contributed by atoms with Gasteiger partial charge in [0.1, 0.15) is 5.75 Å². The zero-order chi connectivity index (χ0) is 13.8. The first-order valence-electron chi connectivity index (χ1n) is 6.33. The van der Waals surface area contributed by atoms with Crippen LogP contribution in [0.1, 0.15) is 23.7 Å². The van der Waals surface area contributed by atoms with E-state index in [1.807, 2.05) is 0 Å². The molecule has 0 spiro atoms. The summed E-state index contributed by atoms with van der Waals surface area (Å²) in [4.78, 5) is 24.8. The summed E-state index contributed by atoms with van der Waals surface area (Å²) in [6, 6.07) is 6.91. The zero-order valence-corrected chi connectivity index (χ0v) is 11.0. The number of hydrogen-bond donors (Lipinski definition) is 1. The van der Waals surface area contributed by atoms with E-state index < -0.39 is 0 Å². The van der Waals surface area contributed by atoms with Gasteiger partial charge in [-0.1, -0.05) is 12.1 Å². The fourth-order valence-corrected chi connectivity index (χ4v) is 2.06. The number of benzene rings is 1. The Morgan fingerprint density at radius 3 is 2.89 bits per heavy atom. The highest BCUT2D eigenvalue weighted by atomic mass is 16.5. The summed E-state index contributed by atoms with van der Waals surface area (Å²) >= 11 is 0. The maximum absolute atomic E-state index is 11.9. The molecule has 0 aliphatic carbocycles. The van der Waals surface area contributed by atoms with E-state index in [1.165, 1.54) is 6.92 Å². The molecule has 1 fully saturated rings. The Balaban J connectivity index is 1.90. The van der Waals surface area contributed by atoms with Gasteiger partial charge in [0.25, 0.3) is 5.91 Å². The molecule has 0 radical (unpaired) electrons. The van der Waals surface area contributed by atoms with Gasteiger partial charge in [0.2, 0.25) is 0 Å². The van der Waals surface area contributed by atoms with Crippen molar-refractivity contribution in [1.82, 2.24) is 4.90 Å². The summed E-state index contributed by atoms with van der Waals surface area (Å²) in [5, 5.41) is 0. The normalized spacial score (nSPS) is 18.4. The molecule has 1 heterocycles. The van der Waals surface area contributed by atoms with Gasteiger partial charge >= 0.3 is 0 Å². The van der Waals surface area contributed by atoms with Crippen LogP contribution >= 0.6 is 0 Å². The fourth-order valence-electron chi connectivity index (χ4n) is 2.06. The van der Waals surface area contributed by atoms with E-state index in [4.69, 9.17) is 10.5 Å². The van der Waals surface area contributed by atoms with Gasteiger partial charge < -0.3 is 15.4 Å².